The second-order valence-electron chi connectivity index (χ2n) is 11.9. The van der Waals surface area contributed by atoms with Gasteiger partial charge in [0, 0.05) is 59.6 Å². The van der Waals surface area contributed by atoms with Crippen LogP contribution in [0.4, 0.5) is 0 Å². The molecular weight excluding hydrogens is 653 g/mol. The van der Waals surface area contributed by atoms with Gasteiger partial charge in [0.15, 0.2) is 32.0 Å². The molecule has 50 heavy (non-hydrogen) atoms. The van der Waals surface area contributed by atoms with Crippen molar-refractivity contribution in [3.63, 3.8) is 0 Å². The van der Waals surface area contributed by atoms with E-state index in [4.69, 9.17) is 0 Å². The first kappa shape index (κ1) is 31.4. The number of rotatable bonds is 9. The molecule has 8 rings (SSSR count). The van der Waals surface area contributed by atoms with E-state index in [1.54, 1.807) is 11.3 Å². The maximum atomic E-state index is 13.4. The third kappa shape index (κ3) is 6.09. The van der Waals surface area contributed by atoms with Crippen molar-refractivity contribution in [3.8, 4) is 0 Å². The molecule has 0 saturated heterocycles. The highest BCUT2D eigenvalue weighted by Gasteiger charge is 2.30. The summed E-state index contributed by atoms with van der Waals surface area (Å²) in [6.45, 7) is 0. The van der Waals surface area contributed by atoms with Gasteiger partial charge in [0.25, 0.3) is 0 Å². The highest BCUT2D eigenvalue weighted by Crippen LogP contribution is 2.39. The first-order chi connectivity index (χ1) is 24.5. The van der Waals surface area contributed by atoms with E-state index >= 15 is 0 Å². The van der Waals surface area contributed by atoms with Gasteiger partial charge in [0.2, 0.25) is 0 Å². The molecule has 7 aromatic carbocycles. The summed E-state index contributed by atoms with van der Waals surface area (Å²) in [6.07, 6.45) is 0. The number of carbonyl (C=O) groups is 3. The SMILES string of the molecule is O=C(c1ccccc1)c1ccc([S+](c2ccc(C(=O)c3ccccc3)cc2)c2ccc3sc4ccc(C(=O)c5ccccc5)cc4c3c2)cc1. The number of carbonyl (C=O) groups excluding carboxylic acids is 3. The Kier molecular flexibility index (Phi) is 8.51. The Balaban J connectivity index is 1.21. The molecule has 0 bridgehead atoms. The molecule has 1 heterocycles. The molecular formula is C45H29O3S2+. The fourth-order valence-electron chi connectivity index (χ4n) is 6.19. The largest absolute Gasteiger partial charge is 0.289 e. The highest BCUT2D eigenvalue weighted by molar-refractivity contribution is 7.97. The summed E-state index contributed by atoms with van der Waals surface area (Å²) in [6, 6.07) is 56.3. The van der Waals surface area contributed by atoms with Crippen LogP contribution in [0, 0.1) is 0 Å². The van der Waals surface area contributed by atoms with Crippen molar-refractivity contribution in [2.24, 2.45) is 0 Å². The van der Waals surface area contributed by atoms with Gasteiger partial charge >= 0.3 is 0 Å². The van der Waals surface area contributed by atoms with Gasteiger partial charge in [-0.15, -0.1) is 11.3 Å². The fourth-order valence-corrected chi connectivity index (χ4v) is 9.33. The molecule has 1 aromatic heterocycles. The van der Waals surface area contributed by atoms with Crippen molar-refractivity contribution < 1.29 is 14.4 Å². The van der Waals surface area contributed by atoms with Crippen LogP contribution in [0.25, 0.3) is 20.2 Å². The Morgan fingerprint density at radius 3 is 1.14 bits per heavy atom. The average Bonchev–Trinajstić information content (AvgIpc) is 3.56. The van der Waals surface area contributed by atoms with Crippen LogP contribution in [0.1, 0.15) is 47.8 Å². The van der Waals surface area contributed by atoms with Crippen molar-refractivity contribution in [1.29, 1.82) is 0 Å². The molecule has 8 aromatic rings. The Bertz CT molecular complexity index is 2410. The molecule has 3 nitrogen and oxygen atoms in total. The van der Waals surface area contributed by atoms with E-state index in [0.29, 0.717) is 33.4 Å². The van der Waals surface area contributed by atoms with Crippen LogP contribution < -0.4 is 0 Å². The van der Waals surface area contributed by atoms with Gasteiger partial charge < -0.3 is 0 Å². The topological polar surface area (TPSA) is 51.2 Å². The van der Waals surface area contributed by atoms with Crippen molar-refractivity contribution in [2.75, 3.05) is 0 Å². The van der Waals surface area contributed by atoms with Gasteiger partial charge in [-0.25, -0.2) is 0 Å². The van der Waals surface area contributed by atoms with Crippen molar-refractivity contribution in [3.05, 3.63) is 209 Å². The lowest BCUT2D eigenvalue weighted by molar-refractivity contribution is 0.103. The summed E-state index contributed by atoms with van der Waals surface area (Å²) in [5.74, 6) is -0.0429. The van der Waals surface area contributed by atoms with Crippen molar-refractivity contribution in [2.45, 2.75) is 14.7 Å². The van der Waals surface area contributed by atoms with E-state index in [9.17, 15) is 14.4 Å². The molecule has 0 aliphatic rings. The third-order valence-corrected chi connectivity index (χ3v) is 12.1. The number of hydrogen-bond acceptors (Lipinski definition) is 4. The maximum absolute atomic E-state index is 13.4. The first-order valence-electron chi connectivity index (χ1n) is 16.2. The summed E-state index contributed by atoms with van der Waals surface area (Å²) < 4.78 is 2.26. The second kappa shape index (κ2) is 13.6. The predicted molar refractivity (Wildman–Crippen MR) is 204 cm³/mol. The normalized spacial score (nSPS) is 11.2. The monoisotopic (exact) mass is 681 g/mol. The Hall–Kier alpha value is -5.88. The van der Waals surface area contributed by atoms with Gasteiger partial charge in [-0.3, -0.25) is 14.4 Å². The molecule has 0 spiro atoms. The number of hydrogen-bond donors (Lipinski definition) is 0. The number of ketones is 3. The lowest BCUT2D eigenvalue weighted by Crippen LogP contribution is -2.07. The van der Waals surface area contributed by atoms with Crippen LogP contribution in [0.15, 0.2) is 191 Å². The number of thiophene rings is 1. The molecule has 0 aliphatic heterocycles. The van der Waals surface area contributed by atoms with E-state index in [1.165, 1.54) is 0 Å². The summed E-state index contributed by atoms with van der Waals surface area (Å²) in [7, 11) is -0.558. The van der Waals surface area contributed by atoms with Gasteiger partial charge in [-0.2, -0.15) is 0 Å². The molecule has 0 unspecified atom stereocenters. The van der Waals surface area contributed by atoms with E-state index in [1.807, 2.05) is 158 Å². The minimum Gasteiger partial charge on any atom is -0.289 e. The van der Waals surface area contributed by atoms with Crippen LogP contribution in [0.3, 0.4) is 0 Å². The maximum Gasteiger partial charge on any atom is 0.193 e. The van der Waals surface area contributed by atoms with Crippen LogP contribution >= 0.6 is 11.3 Å². The Labute approximate surface area is 296 Å². The van der Waals surface area contributed by atoms with Gasteiger partial charge in [-0.1, -0.05) is 91.0 Å². The molecule has 238 valence electrons. The van der Waals surface area contributed by atoms with Crippen molar-refractivity contribution >= 4 is 59.8 Å². The molecule has 0 N–H and O–H groups in total. The summed E-state index contributed by atoms with van der Waals surface area (Å²) >= 11 is 1.71. The van der Waals surface area contributed by atoms with Crippen LogP contribution in [-0.4, -0.2) is 17.3 Å². The van der Waals surface area contributed by atoms with Crippen molar-refractivity contribution in [1.82, 2.24) is 0 Å². The van der Waals surface area contributed by atoms with Gasteiger partial charge in [-0.05, 0) is 78.9 Å². The molecule has 0 aliphatic carbocycles. The zero-order valence-electron chi connectivity index (χ0n) is 26.8. The van der Waals surface area contributed by atoms with Crippen LogP contribution in [0.5, 0.6) is 0 Å². The van der Waals surface area contributed by atoms with E-state index < -0.39 is 10.9 Å². The molecule has 0 fully saturated rings. The quantitative estimate of drug-likeness (QED) is 0.113. The lowest BCUT2D eigenvalue weighted by Gasteiger charge is -2.10. The van der Waals surface area contributed by atoms with E-state index in [0.717, 1.165) is 34.9 Å². The smallest absolute Gasteiger partial charge is 0.193 e. The standard InChI is InChI=1S/C45H29O3S2/c46-43(30-10-4-1-5-11-30)33-16-21-36(22-17-33)50(37-23-18-34(19-24-37)44(47)31-12-6-2-7-13-31)38-25-27-42-40(29-38)39-28-35(20-26-41(39)49-42)45(48)32-14-8-3-9-15-32/h1-29H/q+1. The summed E-state index contributed by atoms with van der Waals surface area (Å²) in [4.78, 5) is 43.1. The average molecular weight is 682 g/mol. The fraction of sp³-hybridized carbons (Fsp3) is 0. The van der Waals surface area contributed by atoms with Crippen LogP contribution in [-0.2, 0) is 10.9 Å². The van der Waals surface area contributed by atoms with Crippen LogP contribution in [0.2, 0.25) is 0 Å². The summed E-state index contributed by atoms with van der Waals surface area (Å²) in [5.41, 5.74) is 3.88. The molecule has 0 atom stereocenters. The molecule has 0 amide bonds. The second-order valence-corrected chi connectivity index (χ2v) is 15.0. The Morgan fingerprint density at radius 2 is 0.680 bits per heavy atom. The zero-order valence-corrected chi connectivity index (χ0v) is 28.4. The lowest BCUT2D eigenvalue weighted by atomic mass is 10.0. The minimum atomic E-state index is -0.558. The number of benzene rings is 7. The van der Waals surface area contributed by atoms with E-state index in [2.05, 4.69) is 18.2 Å². The highest BCUT2D eigenvalue weighted by atomic mass is 32.2. The predicted octanol–water partition coefficient (Wildman–Crippen LogP) is 10.8. The van der Waals surface area contributed by atoms with Gasteiger partial charge in [0.05, 0.1) is 10.9 Å². The molecule has 5 heteroatoms. The Morgan fingerprint density at radius 1 is 0.340 bits per heavy atom. The minimum absolute atomic E-state index is 0.00182. The first-order valence-corrected chi connectivity index (χ1v) is 18.3. The van der Waals surface area contributed by atoms with Gasteiger partial charge in [0.1, 0.15) is 0 Å². The third-order valence-electron chi connectivity index (χ3n) is 8.75. The molecule has 0 saturated carbocycles. The van der Waals surface area contributed by atoms with E-state index in [-0.39, 0.29) is 17.3 Å². The molecule has 0 radical (unpaired) electrons. The summed E-state index contributed by atoms with van der Waals surface area (Å²) in [5, 5.41) is 2.14. The zero-order chi connectivity index (χ0) is 34.0. The number of fused-ring (bicyclic) bond motifs is 3.